The lowest BCUT2D eigenvalue weighted by atomic mass is 10.1. The molecule has 1 aliphatic rings. The number of carbonyl (C=O) groups is 2. The lowest BCUT2D eigenvalue weighted by molar-refractivity contribution is -0.125. The van der Waals surface area contributed by atoms with Crippen LogP contribution in [0, 0.1) is 0 Å². The number of nitrogens with one attached hydrogen (secondary N) is 2. The first-order valence-electron chi connectivity index (χ1n) is 7.94. The van der Waals surface area contributed by atoms with Gasteiger partial charge in [0.25, 0.3) is 0 Å². The van der Waals surface area contributed by atoms with Crippen molar-refractivity contribution in [1.82, 2.24) is 19.7 Å². The van der Waals surface area contributed by atoms with E-state index in [1.165, 1.54) is 10.7 Å². The molecule has 2 amide bonds. The standard InChI is InChI=1S/C17H12Cl2N6O2/c18-11-4-3-10(6-12(11)19)21-16(27)13-7-14(26)22-17-23-15(24-25(13)17)9-2-1-5-20-8-9/h1-6,8,13H,7H2,(H,21,27)(H,22,23,24,26)/t13-/m0/s1. The lowest BCUT2D eigenvalue weighted by Crippen LogP contribution is -2.36. The van der Waals surface area contributed by atoms with Crippen molar-refractivity contribution in [2.45, 2.75) is 12.5 Å². The third-order valence-electron chi connectivity index (χ3n) is 3.97. The molecule has 8 nitrogen and oxygen atoms in total. The van der Waals surface area contributed by atoms with Crippen molar-refractivity contribution in [2.24, 2.45) is 0 Å². The summed E-state index contributed by atoms with van der Waals surface area (Å²) in [6, 6.07) is 7.44. The van der Waals surface area contributed by atoms with Crippen LogP contribution in [-0.4, -0.2) is 31.6 Å². The Morgan fingerprint density at radius 2 is 2.11 bits per heavy atom. The maximum absolute atomic E-state index is 12.7. The van der Waals surface area contributed by atoms with Crippen molar-refractivity contribution >= 4 is 46.7 Å². The van der Waals surface area contributed by atoms with E-state index in [-0.39, 0.29) is 18.3 Å². The van der Waals surface area contributed by atoms with Gasteiger partial charge in [-0.25, -0.2) is 4.68 Å². The number of rotatable bonds is 3. The molecule has 0 aliphatic carbocycles. The number of fused-ring (bicyclic) bond motifs is 1. The number of halogens is 2. The van der Waals surface area contributed by atoms with Gasteiger partial charge in [-0.1, -0.05) is 23.2 Å². The van der Waals surface area contributed by atoms with Crippen LogP contribution in [0.25, 0.3) is 11.4 Å². The van der Waals surface area contributed by atoms with Gasteiger partial charge in [0.1, 0.15) is 6.04 Å². The Bertz CT molecular complexity index is 1040. The van der Waals surface area contributed by atoms with E-state index >= 15 is 0 Å². The average molecular weight is 403 g/mol. The van der Waals surface area contributed by atoms with Crippen molar-refractivity contribution in [3.63, 3.8) is 0 Å². The Labute approximate surface area is 163 Å². The van der Waals surface area contributed by atoms with E-state index in [2.05, 4.69) is 25.7 Å². The molecule has 0 bridgehead atoms. The van der Waals surface area contributed by atoms with E-state index in [4.69, 9.17) is 23.2 Å². The molecular weight excluding hydrogens is 391 g/mol. The Kier molecular flexibility index (Phi) is 4.51. The van der Waals surface area contributed by atoms with E-state index in [9.17, 15) is 9.59 Å². The van der Waals surface area contributed by atoms with Gasteiger partial charge < -0.3 is 5.32 Å². The van der Waals surface area contributed by atoms with Gasteiger partial charge in [-0.3, -0.25) is 19.9 Å². The molecule has 0 saturated heterocycles. The summed E-state index contributed by atoms with van der Waals surface area (Å²) in [4.78, 5) is 33.1. The molecule has 2 N–H and O–H groups in total. The second kappa shape index (κ2) is 6.98. The predicted molar refractivity (Wildman–Crippen MR) is 101 cm³/mol. The van der Waals surface area contributed by atoms with Crippen LogP contribution in [-0.2, 0) is 9.59 Å². The van der Waals surface area contributed by atoms with Gasteiger partial charge >= 0.3 is 0 Å². The summed E-state index contributed by atoms with van der Waals surface area (Å²) in [5, 5.41) is 10.4. The zero-order chi connectivity index (χ0) is 19.0. The highest BCUT2D eigenvalue weighted by molar-refractivity contribution is 6.42. The fraction of sp³-hybridized carbons (Fsp3) is 0.118. The summed E-state index contributed by atoms with van der Waals surface area (Å²) in [5.41, 5.74) is 1.15. The van der Waals surface area contributed by atoms with E-state index in [0.29, 0.717) is 27.1 Å². The maximum Gasteiger partial charge on any atom is 0.249 e. The molecule has 136 valence electrons. The van der Waals surface area contributed by atoms with Gasteiger partial charge in [0.2, 0.25) is 17.8 Å². The zero-order valence-electron chi connectivity index (χ0n) is 13.7. The summed E-state index contributed by atoms with van der Waals surface area (Å²) in [5.74, 6) is -0.152. The van der Waals surface area contributed by atoms with Crippen LogP contribution in [0.3, 0.4) is 0 Å². The number of hydrogen-bond donors (Lipinski definition) is 2. The molecule has 3 aromatic rings. The molecule has 0 radical (unpaired) electrons. The molecule has 3 heterocycles. The minimum atomic E-state index is -0.846. The first-order valence-corrected chi connectivity index (χ1v) is 8.69. The Balaban J connectivity index is 1.64. The molecule has 2 aromatic heterocycles. The van der Waals surface area contributed by atoms with Crippen LogP contribution in [0.5, 0.6) is 0 Å². The first-order chi connectivity index (χ1) is 13.0. The number of nitrogens with zero attached hydrogens (tertiary/aromatic N) is 4. The molecule has 0 spiro atoms. The molecule has 1 aromatic carbocycles. The SMILES string of the molecule is O=C1C[C@@H](C(=O)Nc2ccc(Cl)c(Cl)c2)n2nc(-c3cccnc3)nc2N1. The third-order valence-corrected chi connectivity index (χ3v) is 4.71. The Hall–Kier alpha value is -2.97. The quantitative estimate of drug-likeness (QED) is 0.700. The molecule has 0 saturated carbocycles. The molecule has 10 heteroatoms. The van der Waals surface area contributed by atoms with E-state index in [1.54, 1.807) is 36.7 Å². The van der Waals surface area contributed by atoms with Crippen LogP contribution < -0.4 is 10.6 Å². The molecular formula is C17H12Cl2N6O2. The summed E-state index contributed by atoms with van der Waals surface area (Å²) in [6.07, 6.45) is 3.18. The van der Waals surface area contributed by atoms with Crippen LogP contribution in [0.2, 0.25) is 10.0 Å². The van der Waals surface area contributed by atoms with Crippen molar-refractivity contribution in [2.75, 3.05) is 10.6 Å². The monoisotopic (exact) mass is 402 g/mol. The molecule has 1 aliphatic heterocycles. The smallest absolute Gasteiger partial charge is 0.249 e. The van der Waals surface area contributed by atoms with Gasteiger partial charge in [0.05, 0.1) is 16.5 Å². The fourth-order valence-corrected chi connectivity index (χ4v) is 2.98. The van der Waals surface area contributed by atoms with Gasteiger partial charge in [0.15, 0.2) is 5.82 Å². The maximum atomic E-state index is 12.7. The van der Waals surface area contributed by atoms with Gasteiger partial charge in [-0.15, -0.1) is 5.10 Å². The van der Waals surface area contributed by atoms with Crippen molar-refractivity contribution in [3.8, 4) is 11.4 Å². The number of hydrogen-bond acceptors (Lipinski definition) is 5. The molecule has 4 rings (SSSR count). The predicted octanol–water partition coefficient (Wildman–Crippen LogP) is 3.17. The summed E-state index contributed by atoms with van der Waals surface area (Å²) in [7, 11) is 0. The third kappa shape index (κ3) is 3.49. The normalized spacial score (nSPS) is 15.8. The number of carbonyl (C=O) groups excluding carboxylic acids is 2. The van der Waals surface area contributed by atoms with E-state index in [0.717, 1.165) is 0 Å². The highest BCUT2D eigenvalue weighted by atomic mass is 35.5. The molecule has 0 fully saturated rings. The minimum Gasteiger partial charge on any atom is -0.324 e. The highest BCUT2D eigenvalue weighted by Gasteiger charge is 2.33. The second-order valence-corrected chi connectivity index (χ2v) is 6.65. The van der Waals surface area contributed by atoms with Crippen LogP contribution in [0.15, 0.2) is 42.7 Å². The Morgan fingerprint density at radius 3 is 2.85 bits per heavy atom. The number of pyridine rings is 1. The van der Waals surface area contributed by atoms with Crippen LogP contribution in [0.1, 0.15) is 12.5 Å². The summed E-state index contributed by atoms with van der Waals surface area (Å²) < 4.78 is 1.40. The van der Waals surface area contributed by atoms with Gasteiger partial charge in [-0.05, 0) is 30.3 Å². The highest BCUT2D eigenvalue weighted by Crippen LogP contribution is 2.29. The first kappa shape index (κ1) is 17.4. The Morgan fingerprint density at radius 1 is 1.26 bits per heavy atom. The topological polar surface area (TPSA) is 102 Å². The summed E-state index contributed by atoms with van der Waals surface area (Å²) >= 11 is 11.9. The van der Waals surface area contributed by atoms with E-state index < -0.39 is 11.9 Å². The number of amides is 2. The largest absolute Gasteiger partial charge is 0.324 e. The number of anilines is 2. The molecule has 27 heavy (non-hydrogen) atoms. The van der Waals surface area contributed by atoms with Crippen LogP contribution in [0.4, 0.5) is 11.6 Å². The molecule has 0 unspecified atom stereocenters. The van der Waals surface area contributed by atoms with E-state index in [1.807, 2.05) is 0 Å². The average Bonchev–Trinajstić information content (AvgIpc) is 3.08. The van der Waals surface area contributed by atoms with Gasteiger partial charge in [0, 0.05) is 23.6 Å². The lowest BCUT2D eigenvalue weighted by Gasteiger charge is -2.22. The zero-order valence-corrected chi connectivity index (χ0v) is 15.2. The molecule has 1 atom stereocenters. The van der Waals surface area contributed by atoms with Gasteiger partial charge in [-0.2, -0.15) is 4.98 Å². The fourth-order valence-electron chi connectivity index (χ4n) is 2.68. The van der Waals surface area contributed by atoms with Crippen molar-refractivity contribution < 1.29 is 9.59 Å². The van der Waals surface area contributed by atoms with Crippen molar-refractivity contribution in [1.29, 1.82) is 0 Å². The van der Waals surface area contributed by atoms with Crippen LogP contribution >= 0.6 is 23.2 Å². The minimum absolute atomic E-state index is 0.0595. The van der Waals surface area contributed by atoms with Crippen molar-refractivity contribution in [3.05, 3.63) is 52.8 Å². The summed E-state index contributed by atoms with van der Waals surface area (Å²) in [6.45, 7) is 0. The number of benzene rings is 1. The second-order valence-electron chi connectivity index (χ2n) is 5.83. The number of aromatic nitrogens is 4.